The van der Waals surface area contributed by atoms with Gasteiger partial charge in [-0.3, -0.25) is 0 Å². The normalized spacial score (nSPS) is 15.2. The van der Waals surface area contributed by atoms with Gasteiger partial charge >= 0.3 is 0 Å². The molecule has 1 saturated heterocycles. The van der Waals surface area contributed by atoms with Gasteiger partial charge in [-0.15, -0.1) is 12.4 Å². The van der Waals surface area contributed by atoms with E-state index >= 15 is 0 Å². The van der Waals surface area contributed by atoms with Crippen molar-refractivity contribution in [3.05, 3.63) is 23.6 Å². The number of anilines is 1. The van der Waals surface area contributed by atoms with Crippen LogP contribution in [-0.4, -0.2) is 18.1 Å². The summed E-state index contributed by atoms with van der Waals surface area (Å²) in [7, 11) is 0. The van der Waals surface area contributed by atoms with Gasteiger partial charge in [-0.2, -0.15) is 0 Å². The molecule has 0 bridgehead atoms. The molecule has 3 heterocycles. The van der Waals surface area contributed by atoms with Crippen molar-refractivity contribution >= 4 is 29.2 Å². The molecule has 0 aromatic carbocycles. The van der Waals surface area contributed by atoms with E-state index in [-0.39, 0.29) is 12.4 Å². The maximum absolute atomic E-state index is 6.11. The third-order valence-electron chi connectivity index (χ3n) is 4.11. The topological polar surface area (TPSA) is 29.3 Å². The zero-order valence-corrected chi connectivity index (χ0v) is 13.8. The molecule has 1 fully saturated rings. The van der Waals surface area contributed by atoms with E-state index in [4.69, 9.17) is 4.42 Å². The third-order valence-corrected chi connectivity index (χ3v) is 4.11. The second-order valence-corrected chi connectivity index (χ2v) is 5.86. The summed E-state index contributed by atoms with van der Waals surface area (Å²) in [6.45, 7) is 6.57. The zero-order chi connectivity index (χ0) is 13.9. The van der Waals surface area contributed by atoms with E-state index in [0.717, 1.165) is 42.1 Å². The predicted octanol–water partition coefficient (Wildman–Crippen LogP) is 4.89. The van der Waals surface area contributed by atoms with Gasteiger partial charge in [0.2, 0.25) is 0 Å². The molecule has 0 N–H and O–H groups in total. The molecule has 4 heteroatoms. The quantitative estimate of drug-likeness (QED) is 0.805. The number of pyridine rings is 1. The summed E-state index contributed by atoms with van der Waals surface area (Å²) in [5.74, 6) is 1.08. The number of hydrogen-bond acceptors (Lipinski definition) is 3. The highest BCUT2D eigenvalue weighted by molar-refractivity contribution is 5.87. The van der Waals surface area contributed by atoms with Gasteiger partial charge < -0.3 is 9.32 Å². The number of aromatic nitrogens is 1. The molecule has 0 amide bonds. The van der Waals surface area contributed by atoms with Crippen molar-refractivity contribution in [2.45, 2.75) is 52.4 Å². The molecule has 0 radical (unpaired) electrons. The Labute approximate surface area is 133 Å². The van der Waals surface area contributed by atoms with Gasteiger partial charge in [0.05, 0.1) is 5.69 Å². The van der Waals surface area contributed by atoms with Crippen molar-refractivity contribution in [1.82, 2.24) is 4.98 Å². The van der Waals surface area contributed by atoms with E-state index in [2.05, 4.69) is 35.9 Å². The highest BCUT2D eigenvalue weighted by atomic mass is 35.5. The summed E-state index contributed by atoms with van der Waals surface area (Å²) < 4.78 is 6.11. The van der Waals surface area contributed by atoms with Crippen LogP contribution in [0.4, 0.5) is 5.69 Å². The Balaban J connectivity index is 0.00000161. The maximum Gasteiger partial charge on any atom is 0.175 e. The molecule has 1 aliphatic rings. The predicted molar refractivity (Wildman–Crippen MR) is 90.7 cm³/mol. The lowest BCUT2D eigenvalue weighted by Gasteiger charge is -2.28. The monoisotopic (exact) mass is 308 g/mol. The van der Waals surface area contributed by atoms with Crippen molar-refractivity contribution in [3.63, 3.8) is 0 Å². The summed E-state index contributed by atoms with van der Waals surface area (Å²) in [6.07, 6.45) is 7.31. The third kappa shape index (κ3) is 3.52. The Hall–Kier alpha value is -1.22. The van der Waals surface area contributed by atoms with Gasteiger partial charge in [-0.25, -0.2) is 4.98 Å². The number of fused-ring (bicyclic) bond motifs is 1. The van der Waals surface area contributed by atoms with Crippen molar-refractivity contribution in [2.24, 2.45) is 0 Å². The molecule has 3 nitrogen and oxygen atoms in total. The fourth-order valence-electron chi connectivity index (χ4n) is 3.03. The summed E-state index contributed by atoms with van der Waals surface area (Å²) in [6, 6.07) is 4.31. The molecule has 0 spiro atoms. The molecule has 116 valence electrons. The molecular formula is C17H25ClN2O. The number of aryl methyl sites for hydroxylation is 2. The molecule has 21 heavy (non-hydrogen) atoms. The number of unbranched alkanes of at least 4 members (excludes halogenated alkanes) is 1. The SMILES string of the molecule is CCCCc1cc2nc(C)cc(N3CCCCC3)c2o1.Cl. The van der Waals surface area contributed by atoms with Crippen LogP contribution >= 0.6 is 12.4 Å². The average Bonchev–Trinajstić information content (AvgIpc) is 2.87. The second kappa shape index (κ2) is 7.17. The van der Waals surface area contributed by atoms with Crippen LogP contribution in [-0.2, 0) is 6.42 Å². The van der Waals surface area contributed by atoms with E-state index in [1.807, 2.05) is 0 Å². The van der Waals surface area contributed by atoms with Crippen LogP contribution in [0.2, 0.25) is 0 Å². The Morgan fingerprint density at radius 3 is 2.67 bits per heavy atom. The van der Waals surface area contributed by atoms with Gasteiger partial charge in [0.15, 0.2) is 5.58 Å². The van der Waals surface area contributed by atoms with Crippen LogP contribution in [0.1, 0.15) is 50.5 Å². The van der Waals surface area contributed by atoms with Crippen LogP contribution in [0.3, 0.4) is 0 Å². The zero-order valence-electron chi connectivity index (χ0n) is 13.0. The second-order valence-electron chi connectivity index (χ2n) is 5.86. The Morgan fingerprint density at radius 1 is 1.19 bits per heavy atom. The van der Waals surface area contributed by atoms with Gasteiger partial charge in [0, 0.05) is 31.3 Å². The van der Waals surface area contributed by atoms with Crippen molar-refractivity contribution in [2.75, 3.05) is 18.0 Å². The van der Waals surface area contributed by atoms with E-state index in [9.17, 15) is 0 Å². The lowest BCUT2D eigenvalue weighted by molar-refractivity contribution is 0.530. The van der Waals surface area contributed by atoms with Crippen molar-refractivity contribution in [1.29, 1.82) is 0 Å². The summed E-state index contributed by atoms with van der Waals surface area (Å²) in [5.41, 5.74) is 4.34. The van der Waals surface area contributed by atoms with Gasteiger partial charge in [0.1, 0.15) is 11.3 Å². The first-order chi connectivity index (χ1) is 9.78. The van der Waals surface area contributed by atoms with Gasteiger partial charge in [-0.05, 0) is 38.7 Å². The van der Waals surface area contributed by atoms with Crippen LogP contribution < -0.4 is 4.90 Å². The van der Waals surface area contributed by atoms with E-state index in [1.54, 1.807) is 0 Å². The molecule has 0 unspecified atom stereocenters. The number of rotatable bonds is 4. The number of piperidine rings is 1. The minimum absolute atomic E-state index is 0. The number of halogens is 1. The largest absolute Gasteiger partial charge is 0.457 e. The first-order valence-electron chi connectivity index (χ1n) is 7.93. The summed E-state index contributed by atoms with van der Waals surface area (Å²) in [5, 5.41) is 0. The molecular weight excluding hydrogens is 284 g/mol. The van der Waals surface area contributed by atoms with E-state index in [1.165, 1.54) is 37.8 Å². The van der Waals surface area contributed by atoms with Gasteiger partial charge in [0.25, 0.3) is 0 Å². The Kier molecular flexibility index (Phi) is 5.51. The molecule has 1 aliphatic heterocycles. The lowest BCUT2D eigenvalue weighted by Crippen LogP contribution is -2.29. The fourth-order valence-corrected chi connectivity index (χ4v) is 3.03. The highest BCUT2D eigenvalue weighted by Crippen LogP contribution is 2.31. The molecule has 3 rings (SSSR count). The van der Waals surface area contributed by atoms with Crippen molar-refractivity contribution < 1.29 is 4.42 Å². The maximum atomic E-state index is 6.11. The van der Waals surface area contributed by atoms with Crippen molar-refractivity contribution in [3.8, 4) is 0 Å². The number of nitrogens with zero attached hydrogens (tertiary/aromatic N) is 2. The standard InChI is InChI=1S/C17H24N2O.ClH/c1-3-4-8-14-12-15-17(20-14)16(11-13(2)18-15)19-9-6-5-7-10-19;/h11-12H,3-10H2,1-2H3;1H. The van der Waals surface area contributed by atoms with Crippen LogP contribution in [0.25, 0.3) is 11.1 Å². The lowest BCUT2D eigenvalue weighted by atomic mass is 10.1. The molecule has 0 saturated carbocycles. The number of furan rings is 1. The smallest absolute Gasteiger partial charge is 0.175 e. The molecule has 0 atom stereocenters. The highest BCUT2D eigenvalue weighted by Gasteiger charge is 2.18. The Bertz CT molecular complexity index is 588. The first-order valence-corrected chi connectivity index (χ1v) is 7.93. The Morgan fingerprint density at radius 2 is 1.95 bits per heavy atom. The summed E-state index contributed by atoms with van der Waals surface area (Å²) >= 11 is 0. The molecule has 0 aliphatic carbocycles. The van der Waals surface area contributed by atoms with Crippen LogP contribution in [0.15, 0.2) is 16.5 Å². The van der Waals surface area contributed by atoms with E-state index < -0.39 is 0 Å². The first kappa shape index (κ1) is 16.2. The van der Waals surface area contributed by atoms with Crippen LogP contribution in [0.5, 0.6) is 0 Å². The molecule has 2 aromatic rings. The fraction of sp³-hybridized carbons (Fsp3) is 0.588. The van der Waals surface area contributed by atoms with Crippen LogP contribution in [0, 0.1) is 6.92 Å². The number of hydrogen-bond donors (Lipinski definition) is 0. The van der Waals surface area contributed by atoms with E-state index in [0.29, 0.717) is 0 Å². The summed E-state index contributed by atoms with van der Waals surface area (Å²) in [4.78, 5) is 7.11. The average molecular weight is 309 g/mol. The molecule has 2 aromatic heterocycles. The minimum atomic E-state index is 0. The minimum Gasteiger partial charge on any atom is -0.457 e. The van der Waals surface area contributed by atoms with Gasteiger partial charge in [-0.1, -0.05) is 13.3 Å².